The molecule has 1 amide bonds. The van der Waals surface area contributed by atoms with Crippen LogP contribution >= 0.6 is 0 Å². The standard InChI is InChI=1S/C23H29FN6O/c1-3-21(31)30-10-4-5-19(14-30)27-22-20(24)13-26-23(29-22)28-18-9-8-17-12-25-15(2)6-7-16(17)11-18/h3,8-9,11,13,15,19,25H,1,4-7,10,12,14H2,2H3,(H2,26,27,28,29)/t15?,19-/m1/s1. The molecule has 0 bridgehead atoms. The normalized spacial score (nSPS) is 21.0. The molecule has 1 unspecified atom stereocenters. The fourth-order valence-electron chi connectivity index (χ4n) is 4.14. The Labute approximate surface area is 182 Å². The summed E-state index contributed by atoms with van der Waals surface area (Å²) in [5, 5.41) is 9.86. The van der Waals surface area contributed by atoms with Crippen LogP contribution in [0.25, 0.3) is 0 Å². The Morgan fingerprint density at radius 1 is 1.35 bits per heavy atom. The van der Waals surface area contributed by atoms with Gasteiger partial charge in [0.15, 0.2) is 11.6 Å². The number of anilines is 3. The summed E-state index contributed by atoms with van der Waals surface area (Å²) in [7, 11) is 0. The van der Waals surface area contributed by atoms with E-state index in [1.165, 1.54) is 23.4 Å². The van der Waals surface area contributed by atoms with Gasteiger partial charge >= 0.3 is 0 Å². The molecule has 2 atom stereocenters. The average molecular weight is 425 g/mol. The second kappa shape index (κ2) is 9.43. The van der Waals surface area contributed by atoms with Gasteiger partial charge in [0, 0.05) is 37.4 Å². The largest absolute Gasteiger partial charge is 0.363 e. The SMILES string of the molecule is C=CC(=O)N1CCC[C@@H](Nc2nc(Nc3ccc4c(c3)CCC(C)NC4)ncc2F)C1. The lowest BCUT2D eigenvalue weighted by atomic mass is 10.0. The average Bonchev–Trinajstić information content (AvgIpc) is 2.97. The number of nitrogens with one attached hydrogen (secondary N) is 3. The number of aromatic nitrogens is 2. The minimum absolute atomic E-state index is 0.0723. The Balaban J connectivity index is 1.46. The number of piperidine rings is 1. The van der Waals surface area contributed by atoms with Crippen LogP contribution in [0.4, 0.5) is 21.8 Å². The van der Waals surface area contributed by atoms with Crippen molar-refractivity contribution in [1.29, 1.82) is 0 Å². The third-order valence-corrected chi connectivity index (χ3v) is 5.94. The van der Waals surface area contributed by atoms with Crippen LogP contribution in [0.3, 0.4) is 0 Å². The van der Waals surface area contributed by atoms with Crippen molar-refractivity contribution in [3.05, 3.63) is 54.0 Å². The summed E-state index contributed by atoms with van der Waals surface area (Å²) in [5.74, 6) is -0.147. The first-order valence-corrected chi connectivity index (χ1v) is 10.8. The van der Waals surface area contributed by atoms with Crippen LogP contribution in [0.2, 0.25) is 0 Å². The highest BCUT2D eigenvalue weighted by atomic mass is 19.1. The second-order valence-corrected chi connectivity index (χ2v) is 8.29. The molecular formula is C23H29FN6O. The predicted octanol–water partition coefficient (Wildman–Crippen LogP) is 3.37. The second-order valence-electron chi connectivity index (χ2n) is 8.29. The maximum absolute atomic E-state index is 14.4. The minimum atomic E-state index is -0.514. The highest BCUT2D eigenvalue weighted by molar-refractivity contribution is 5.87. The van der Waals surface area contributed by atoms with Crippen molar-refractivity contribution >= 4 is 23.4 Å². The molecule has 164 valence electrons. The minimum Gasteiger partial charge on any atom is -0.363 e. The summed E-state index contributed by atoms with van der Waals surface area (Å²) in [6, 6.07) is 6.65. The molecule has 4 rings (SSSR count). The Morgan fingerprint density at radius 2 is 2.23 bits per heavy atom. The van der Waals surface area contributed by atoms with Gasteiger partial charge in [-0.25, -0.2) is 9.37 Å². The van der Waals surface area contributed by atoms with Gasteiger partial charge in [-0.3, -0.25) is 4.79 Å². The number of halogens is 1. The van der Waals surface area contributed by atoms with Crippen LogP contribution in [0.5, 0.6) is 0 Å². The number of aryl methyl sites for hydroxylation is 1. The zero-order chi connectivity index (χ0) is 21.8. The lowest BCUT2D eigenvalue weighted by Crippen LogP contribution is -2.44. The first-order chi connectivity index (χ1) is 15.0. The topological polar surface area (TPSA) is 82.2 Å². The van der Waals surface area contributed by atoms with Crippen molar-refractivity contribution < 1.29 is 9.18 Å². The summed E-state index contributed by atoms with van der Waals surface area (Å²) in [5.41, 5.74) is 3.48. The number of likely N-dealkylation sites (tertiary alicyclic amines) is 1. The van der Waals surface area contributed by atoms with Crippen molar-refractivity contribution in [2.75, 3.05) is 23.7 Å². The number of carbonyl (C=O) groups is 1. The molecule has 0 saturated carbocycles. The number of fused-ring (bicyclic) bond motifs is 1. The molecule has 31 heavy (non-hydrogen) atoms. The van der Waals surface area contributed by atoms with E-state index in [0.29, 0.717) is 25.1 Å². The highest BCUT2D eigenvalue weighted by Crippen LogP contribution is 2.24. The van der Waals surface area contributed by atoms with Gasteiger partial charge in [-0.2, -0.15) is 4.98 Å². The zero-order valence-corrected chi connectivity index (χ0v) is 17.8. The van der Waals surface area contributed by atoms with Gasteiger partial charge < -0.3 is 20.9 Å². The summed E-state index contributed by atoms with van der Waals surface area (Å²) in [6.45, 7) is 7.79. The van der Waals surface area contributed by atoms with Crippen LogP contribution in [0, 0.1) is 5.82 Å². The summed E-state index contributed by atoms with van der Waals surface area (Å²) >= 11 is 0. The first-order valence-electron chi connectivity index (χ1n) is 10.8. The molecule has 3 N–H and O–H groups in total. The molecule has 1 fully saturated rings. The number of rotatable bonds is 5. The molecule has 3 heterocycles. The van der Waals surface area contributed by atoms with Crippen molar-refractivity contribution in [1.82, 2.24) is 20.2 Å². The lowest BCUT2D eigenvalue weighted by Gasteiger charge is -2.32. The fourth-order valence-corrected chi connectivity index (χ4v) is 4.14. The summed E-state index contributed by atoms with van der Waals surface area (Å²) < 4.78 is 14.4. The lowest BCUT2D eigenvalue weighted by molar-refractivity contribution is -0.127. The first kappa shape index (κ1) is 21.2. The Hall–Kier alpha value is -3.00. The van der Waals surface area contributed by atoms with Crippen LogP contribution < -0.4 is 16.0 Å². The molecule has 1 saturated heterocycles. The van der Waals surface area contributed by atoms with E-state index in [9.17, 15) is 9.18 Å². The molecule has 2 aliphatic rings. The molecule has 7 nitrogen and oxygen atoms in total. The third-order valence-electron chi connectivity index (χ3n) is 5.94. The van der Waals surface area contributed by atoms with Gasteiger partial charge in [-0.1, -0.05) is 12.6 Å². The van der Waals surface area contributed by atoms with Gasteiger partial charge in [0.1, 0.15) is 0 Å². The zero-order valence-electron chi connectivity index (χ0n) is 17.8. The van der Waals surface area contributed by atoms with E-state index in [1.807, 2.05) is 6.07 Å². The molecule has 1 aromatic heterocycles. The van der Waals surface area contributed by atoms with Crippen molar-refractivity contribution in [2.45, 2.75) is 51.2 Å². The molecule has 8 heteroatoms. The van der Waals surface area contributed by atoms with Gasteiger partial charge in [0.2, 0.25) is 11.9 Å². The molecule has 0 radical (unpaired) electrons. The number of nitrogens with zero attached hydrogens (tertiary/aromatic N) is 3. The number of carbonyl (C=O) groups excluding carboxylic acids is 1. The molecular weight excluding hydrogens is 395 g/mol. The van der Waals surface area contributed by atoms with Crippen LogP contribution in [0.1, 0.15) is 37.3 Å². The van der Waals surface area contributed by atoms with E-state index in [0.717, 1.165) is 37.9 Å². The molecule has 1 aromatic carbocycles. The maximum atomic E-state index is 14.4. The van der Waals surface area contributed by atoms with E-state index >= 15 is 0 Å². The molecule has 2 aromatic rings. The van der Waals surface area contributed by atoms with E-state index in [-0.39, 0.29) is 17.8 Å². The summed E-state index contributed by atoms with van der Waals surface area (Å²) in [4.78, 5) is 22.1. The highest BCUT2D eigenvalue weighted by Gasteiger charge is 2.23. The van der Waals surface area contributed by atoms with Gasteiger partial charge in [0.25, 0.3) is 0 Å². The number of amides is 1. The van der Waals surface area contributed by atoms with Gasteiger partial charge in [-0.05, 0) is 61.9 Å². The van der Waals surface area contributed by atoms with Gasteiger partial charge in [0.05, 0.1) is 6.20 Å². The van der Waals surface area contributed by atoms with Crippen molar-refractivity contribution in [3.8, 4) is 0 Å². The summed E-state index contributed by atoms with van der Waals surface area (Å²) in [6.07, 6.45) is 6.26. The van der Waals surface area contributed by atoms with Crippen molar-refractivity contribution in [3.63, 3.8) is 0 Å². The number of benzene rings is 1. The molecule has 2 aliphatic heterocycles. The fraction of sp³-hybridized carbons (Fsp3) is 0.435. The van der Waals surface area contributed by atoms with E-state index in [1.54, 1.807) is 4.90 Å². The van der Waals surface area contributed by atoms with Crippen LogP contribution in [0.15, 0.2) is 37.1 Å². The number of hydrogen-bond acceptors (Lipinski definition) is 6. The van der Waals surface area contributed by atoms with Crippen molar-refractivity contribution in [2.24, 2.45) is 0 Å². The van der Waals surface area contributed by atoms with E-state index in [2.05, 4.69) is 51.6 Å². The predicted molar refractivity (Wildman–Crippen MR) is 120 cm³/mol. The van der Waals surface area contributed by atoms with Crippen LogP contribution in [-0.4, -0.2) is 45.9 Å². The molecule has 0 spiro atoms. The smallest absolute Gasteiger partial charge is 0.246 e. The Bertz CT molecular complexity index is 965. The third kappa shape index (κ3) is 5.19. The van der Waals surface area contributed by atoms with Gasteiger partial charge in [-0.15, -0.1) is 0 Å². The molecule has 0 aliphatic carbocycles. The number of hydrogen-bond donors (Lipinski definition) is 3. The van der Waals surface area contributed by atoms with Crippen LogP contribution in [-0.2, 0) is 17.8 Å². The monoisotopic (exact) mass is 424 g/mol. The Kier molecular flexibility index (Phi) is 6.46. The van der Waals surface area contributed by atoms with E-state index in [4.69, 9.17) is 0 Å². The maximum Gasteiger partial charge on any atom is 0.246 e. The Morgan fingerprint density at radius 3 is 3.06 bits per heavy atom. The quantitative estimate of drug-likeness (QED) is 0.639. The van der Waals surface area contributed by atoms with E-state index < -0.39 is 5.82 Å².